The Bertz CT molecular complexity index is 1260. The standard InChI is InChI=1S/C23H16ClN3/c24-23-22(25-19-11-5-6-12-20(19)26-23)18-15-27(14-16-8-2-1-3-9-16)21-13-7-4-10-17(18)21/h1-13,15H,14H2. The second kappa shape index (κ2) is 6.53. The summed E-state index contributed by atoms with van der Waals surface area (Å²) in [7, 11) is 0. The summed E-state index contributed by atoms with van der Waals surface area (Å²) in [6.45, 7) is 0.792. The van der Waals surface area contributed by atoms with Crippen molar-refractivity contribution in [3.05, 3.63) is 95.8 Å². The number of halogens is 1. The zero-order valence-electron chi connectivity index (χ0n) is 14.5. The quantitative estimate of drug-likeness (QED) is 0.393. The molecule has 0 aliphatic carbocycles. The Balaban J connectivity index is 1.71. The molecule has 0 N–H and O–H groups in total. The molecule has 4 heteroatoms. The first-order valence-corrected chi connectivity index (χ1v) is 9.22. The number of hydrogen-bond donors (Lipinski definition) is 0. The van der Waals surface area contributed by atoms with Crippen molar-refractivity contribution in [3.8, 4) is 11.3 Å². The molecule has 3 aromatic carbocycles. The molecule has 2 heterocycles. The highest BCUT2D eigenvalue weighted by Crippen LogP contribution is 2.34. The highest BCUT2D eigenvalue weighted by Gasteiger charge is 2.16. The summed E-state index contributed by atoms with van der Waals surface area (Å²) >= 11 is 6.52. The molecule has 0 saturated carbocycles. The van der Waals surface area contributed by atoms with E-state index in [1.54, 1.807) is 0 Å². The van der Waals surface area contributed by atoms with E-state index in [-0.39, 0.29) is 0 Å². The second-order valence-electron chi connectivity index (χ2n) is 6.53. The minimum absolute atomic E-state index is 0.427. The minimum Gasteiger partial charge on any atom is -0.342 e. The van der Waals surface area contributed by atoms with E-state index in [9.17, 15) is 0 Å². The monoisotopic (exact) mass is 369 g/mol. The fourth-order valence-electron chi connectivity index (χ4n) is 3.50. The molecule has 0 aliphatic rings. The molecular formula is C23H16ClN3. The van der Waals surface area contributed by atoms with Gasteiger partial charge in [0.15, 0.2) is 5.15 Å². The Hall–Kier alpha value is -3.17. The topological polar surface area (TPSA) is 30.7 Å². The fraction of sp³-hybridized carbons (Fsp3) is 0.0435. The highest BCUT2D eigenvalue weighted by atomic mass is 35.5. The van der Waals surface area contributed by atoms with Crippen LogP contribution in [0, 0.1) is 0 Å². The normalized spacial score (nSPS) is 11.3. The molecule has 0 radical (unpaired) electrons. The third-order valence-electron chi connectivity index (χ3n) is 4.77. The molecule has 5 aromatic rings. The van der Waals surface area contributed by atoms with Crippen LogP contribution in [0.15, 0.2) is 85.1 Å². The third-order valence-corrected chi connectivity index (χ3v) is 5.03. The van der Waals surface area contributed by atoms with E-state index >= 15 is 0 Å². The van der Waals surface area contributed by atoms with Crippen molar-refractivity contribution in [1.82, 2.24) is 14.5 Å². The van der Waals surface area contributed by atoms with E-state index in [0.29, 0.717) is 5.15 Å². The van der Waals surface area contributed by atoms with E-state index in [2.05, 4.69) is 58.2 Å². The van der Waals surface area contributed by atoms with Gasteiger partial charge in [0.2, 0.25) is 0 Å². The summed E-state index contributed by atoms with van der Waals surface area (Å²) < 4.78 is 2.24. The summed E-state index contributed by atoms with van der Waals surface area (Å²) in [5.41, 5.74) is 5.78. The lowest BCUT2D eigenvalue weighted by Gasteiger charge is -2.05. The fourth-order valence-corrected chi connectivity index (χ4v) is 3.73. The van der Waals surface area contributed by atoms with Gasteiger partial charge >= 0.3 is 0 Å². The molecule has 0 fully saturated rings. The van der Waals surface area contributed by atoms with Gasteiger partial charge in [0.05, 0.1) is 11.0 Å². The first-order valence-electron chi connectivity index (χ1n) is 8.84. The molecule has 0 bridgehead atoms. The van der Waals surface area contributed by atoms with Crippen LogP contribution in [0.1, 0.15) is 5.56 Å². The molecule has 0 aliphatic heterocycles. The SMILES string of the molecule is Clc1nc2ccccc2nc1-c1cn(Cc2ccccc2)c2ccccc12. The molecular weight excluding hydrogens is 354 g/mol. The molecule has 5 rings (SSSR count). The number of nitrogens with zero attached hydrogens (tertiary/aromatic N) is 3. The summed E-state index contributed by atoms with van der Waals surface area (Å²) in [6.07, 6.45) is 2.13. The van der Waals surface area contributed by atoms with Gasteiger partial charge in [-0.3, -0.25) is 0 Å². The molecule has 0 amide bonds. The zero-order chi connectivity index (χ0) is 18.2. The summed E-state index contributed by atoms with van der Waals surface area (Å²) in [4.78, 5) is 9.35. The van der Waals surface area contributed by atoms with E-state index < -0.39 is 0 Å². The Morgan fingerprint density at radius 2 is 1.41 bits per heavy atom. The van der Waals surface area contributed by atoms with Gasteiger partial charge in [-0.15, -0.1) is 0 Å². The van der Waals surface area contributed by atoms with Gasteiger partial charge in [0.25, 0.3) is 0 Å². The van der Waals surface area contributed by atoms with Crippen molar-refractivity contribution in [3.63, 3.8) is 0 Å². The highest BCUT2D eigenvalue weighted by molar-refractivity contribution is 6.32. The van der Waals surface area contributed by atoms with Crippen LogP contribution in [0.3, 0.4) is 0 Å². The first kappa shape index (κ1) is 16.0. The van der Waals surface area contributed by atoms with Crippen LogP contribution in [-0.4, -0.2) is 14.5 Å². The van der Waals surface area contributed by atoms with Crippen LogP contribution in [0.5, 0.6) is 0 Å². The summed E-state index contributed by atoms with van der Waals surface area (Å²) in [6, 6.07) is 26.6. The molecule has 130 valence electrons. The number of fused-ring (bicyclic) bond motifs is 2. The average molecular weight is 370 g/mol. The van der Waals surface area contributed by atoms with Crippen molar-refractivity contribution in [2.75, 3.05) is 0 Å². The molecule has 3 nitrogen and oxygen atoms in total. The maximum Gasteiger partial charge on any atom is 0.156 e. The van der Waals surface area contributed by atoms with E-state index in [0.717, 1.165) is 39.7 Å². The van der Waals surface area contributed by atoms with Gasteiger partial charge in [-0.1, -0.05) is 72.3 Å². The summed E-state index contributed by atoms with van der Waals surface area (Å²) in [5, 5.41) is 1.55. The maximum absolute atomic E-state index is 6.52. The van der Waals surface area contributed by atoms with Crippen LogP contribution in [-0.2, 0) is 6.54 Å². The number of aromatic nitrogens is 3. The zero-order valence-corrected chi connectivity index (χ0v) is 15.3. The van der Waals surface area contributed by atoms with Crippen molar-refractivity contribution in [2.45, 2.75) is 6.54 Å². The smallest absolute Gasteiger partial charge is 0.156 e. The van der Waals surface area contributed by atoms with Crippen LogP contribution in [0.25, 0.3) is 33.2 Å². The number of rotatable bonds is 3. The predicted molar refractivity (Wildman–Crippen MR) is 111 cm³/mol. The van der Waals surface area contributed by atoms with Gasteiger partial charge in [0, 0.05) is 29.2 Å². The van der Waals surface area contributed by atoms with E-state index in [1.165, 1.54) is 5.56 Å². The molecule has 0 unspecified atom stereocenters. The lowest BCUT2D eigenvalue weighted by molar-refractivity contribution is 0.837. The van der Waals surface area contributed by atoms with Crippen LogP contribution >= 0.6 is 11.6 Å². The largest absolute Gasteiger partial charge is 0.342 e. The average Bonchev–Trinajstić information content (AvgIpc) is 3.07. The molecule has 0 saturated heterocycles. The van der Waals surface area contributed by atoms with Crippen molar-refractivity contribution >= 4 is 33.5 Å². The molecule has 2 aromatic heterocycles. The van der Waals surface area contributed by atoms with Gasteiger partial charge in [0.1, 0.15) is 5.69 Å². The van der Waals surface area contributed by atoms with Crippen LogP contribution in [0.2, 0.25) is 5.15 Å². The van der Waals surface area contributed by atoms with Gasteiger partial charge in [-0.25, -0.2) is 9.97 Å². The van der Waals surface area contributed by atoms with Crippen molar-refractivity contribution in [1.29, 1.82) is 0 Å². The van der Waals surface area contributed by atoms with Gasteiger partial charge in [-0.2, -0.15) is 0 Å². The Labute approximate surface area is 161 Å². The van der Waals surface area contributed by atoms with Gasteiger partial charge in [-0.05, 0) is 23.8 Å². The predicted octanol–water partition coefficient (Wildman–Crippen LogP) is 5.95. The van der Waals surface area contributed by atoms with Gasteiger partial charge < -0.3 is 4.57 Å². The summed E-state index contributed by atoms with van der Waals surface area (Å²) in [5.74, 6) is 0. The molecule has 0 atom stereocenters. The number of hydrogen-bond acceptors (Lipinski definition) is 2. The lowest BCUT2D eigenvalue weighted by Crippen LogP contribution is -1.97. The third kappa shape index (κ3) is 2.86. The Morgan fingerprint density at radius 3 is 2.22 bits per heavy atom. The van der Waals surface area contributed by atoms with Crippen LogP contribution in [0.4, 0.5) is 0 Å². The number of benzene rings is 3. The first-order chi connectivity index (χ1) is 13.3. The van der Waals surface area contributed by atoms with Crippen molar-refractivity contribution in [2.24, 2.45) is 0 Å². The van der Waals surface area contributed by atoms with Crippen molar-refractivity contribution < 1.29 is 0 Å². The second-order valence-corrected chi connectivity index (χ2v) is 6.88. The molecule has 27 heavy (non-hydrogen) atoms. The number of para-hydroxylation sites is 3. The van der Waals surface area contributed by atoms with Crippen LogP contribution < -0.4 is 0 Å². The lowest BCUT2D eigenvalue weighted by atomic mass is 10.1. The van der Waals surface area contributed by atoms with E-state index in [4.69, 9.17) is 16.6 Å². The molecule has 0 spiro atoms. The maximum atomic E-state index is 6.52. The Morgan fingerprint density at radius 1 is 0.741 bits per heavy atom. The Kier molecular flexibility index (Phi) is 3.88. The van der Waals surface area contributed by atoms with E-state index in [1.807, 2.05) is 36.4 Å². The minimum atomic E-state index is 0.427.